The average molecular weight is 575 g/mol. The molecule has 0 saturated carbocycles. The Hall–Kier alpha value is -4.09. The smallest absolute Gasteiger partial charge is 0.189 e. The maximum atomic E-state index is 9.37. The maximum absolute atomic E-state index is 9.37. The van der Waals surface area contributed by atoms with Crippen LogP contribution < -0.4 is 9.47 Å². The minimum absolute atomic E-state index is 0.166. The van der Waals surface area contributed by atoms with Crippen LogP contribution in [0.25, 0.3) is 28.6 Å². The molecule has 11 heteroatoms. The van der Waals surface area contributed by atoms with Crippen LogP contribution in [0.1, 0.15) is 16.8 Å². The van der Waals surface area contributed by atoms with Gasteiger partial charge in [-0.3, -0.25) is 0 Å². The fourth-order valence-electron chi connectivity index (χ4n) is 3.37. The van der Waals surface area contributed by atoms with E-state index in [4.69, 9.17) is 21.1 Å². The third-order valence-corrected chi connectivity index (χ3v) is 6.60. The van der Waals surface area contributed by atoms with Gasteiger partial charge in [-0.15, -0.1) is 0 Å². The lowest BCUT2D eigenvalue weighted by molar-refractivity contribution is 0.415. The molecule has 0 N–H and O–H groups in total. The van der Waals surface area contributed by atoms with E-state index in [1.807, 2.05) is 67.1 Å². The molecule has 0 aliphatic heterocycles. The van der Waals surface area contributed by atoms with Gasteiger partial charge in [0.1, 0.15) is 34.8 Å². The summed E-state index contributed by atoms with van der Waals surface area (Å²) in [5.74, 6) is 1.41. The zero-order valence-electron chi connectivity index (χ0n) is 21.6. The van der Waals surface area contributed by atoms with Gasteiger partial charge in [0.05, 0.1) is 31.3 Å². The summed E-state index contributed by atoms with van der Waals surface area (Å²) in [6.07, 6.45) is 5.32. The zero-order chi connectivity index (χ0) is 28.4. The third-order valence-electron chi connectivity index (χ3n) is 5.23. The van der Waals surface area contributed by atoms with Crippen molar-refractivity contribution in [1.82, 2.24) is 19.9 Å². The molecule has 2 heterocycles. The van der Waals surface area contributed by atoms with E-state index in [0.29, 0.717) is 38.7 Å². The highest BCUT2D eigenvalue weighted by atomic mass is 35.5. The molecule has 0 radical (unpaired) electrons. The van der Waals surface area contributed by atoms with Crippen molar-refractivity contribution in [2.45, 2.75) is 10.3 Å². The average Bonchev–Trinajstić information content (AvgIpc) is 3.00. The molecule has 0 bridgehead atoms. The van der Waals surface area contributed by atoms with Gasteiger partial charge in [-0.1, -0.05) is 66.0 Å². The van der Waals surface area contributed by atoms with E-state index in [2.05, 4.69) is 32.6 Å². The Morgan fingerprint density at radius 2 is 1.28 bits per heavy atom. The van der Waals surface area contributed by atoms with Crippen molar-refractivity contribution < 1.29 is 9.47 Å². The molecular weight excluding hydrogens is 552 g/mol. The molecule has 2 aromatic heterocycles. The Balaban J connectivity index is 0.000000216. The molecule has 0 saturated heterocycles. The number of nitrogens with zero attached hydrogens (tertiary/aromatic N) is 6. The predicted molar refractivity (Wildman–Crippen MR) is 156 cm³/mol. The SMILES string of the molecule is C=Cc1nc(SC)nc(-c2cccc(OC)c2)c1C#N.COc1cccc(-c2nc(SC)nc(Cl)c2C#N)c1. The van der Waals surface area contributed by atoms with Gasteiger partial charge in [-0.2, -0.15) is 10.5 Å². The monoisotopic (exact) mass is 574 g/mol. The molecule has 8 nitrogen and oxygen atoms in total. The number of ether oxygens (including phenoxy) is 2. The van der Waals surface area contributed by atoms with Crippen molar-refractivity contribution in [1.29, 1.82) is 10.5 Å². The van der Waals surface area contributed by atoms with E-state index >= 15 is 0 Å². The van der Waals surface area contributed by atoms with Gasteiger partial charge in [0.25, 0.3) is 0 Å². The van der Waals surface area contributed by atoms with Crippen molar-refractivity contribution in [3.63, 3.8) is 0 Å². The standard InChI is InChI=1S/C15H13N3OS.C13H10ClN3OS/c1-4-13-12(9-16)14(18-15(17-13)20-3)10-6-5-7-11(8-10)19-2;1-18-9-5-3-4-8(6-9)11-10(7-15)12(14)17-13(16-11)19-2/h4-8H,1H2,2-3H3;3-6H,1-2H3. The molecule has 0 aliphatic rings. The van der Waals surface area contributed by atoms with Crippen LogP contribution in [0.4, 0.5) is 0 Å². The number of benzene rings is 2. The number of thioether (sulfide) groups is 2. The van der Waals surface area contributed by atoms with E-state index in [-0.39, 0.29) is 10.7 Å². The van der Waals surface area contributed by atoms with Crippen LogP contribution >= 0.6 is 35.1 Å². The molecule has 196 valence electrons. The summed E-state index contributed by atoms with van der Waals surface area (Å²) in [5.41, 5.74) is 3.95. The molecule has 4 aromatic rings. The Morgan fingerprint density at radius 3 is 1.72 bits per heavy atom. The second-order valence-electron chi connectivity index (χ2n) is 7.44. The lowest BCUT2D eigenvalue weighted by Crippen LogP contribution is -1.99. The lowest BCUT2D eigenvalue weighted by Gasteiger charge is -2.09. The number of aromatic nitrogens is 4. The fourth-order valence-corrected chi connectivity index (χ4v) is 4.37. The minimum Gasteiger partial charge on any atom is -0.497 e. The number of hydrogen-bond acceptors (Lipinski definition) is 10. The van der Waals surface area contributed by atoms with E-state index < -0.39 is 0 Å². The summed E-state index contributed by atoms with van der Waals surface area (Å²) in [5, 5.41) is 19.9. The van der Waals surface area contributed by atoms with E-state index in [0.717, 1.165) is 16.9 Å². The van der Waals surface area contributed by atoms with Crippen molar-refractivity contribution in [2.24, 2.45) is 0 Å². The Labute approximate surface area is 240 Å². The molecule has 0 spiro atoms. The number of rotatable bonds is 7. The van der Waals surface area contributed by atoms with Crippen LogP contribution in [0.15, 0.2) is 65.4 Å². The molecule has 39 heavy (non-hydrogen) atoms. The summed E-state index contributed by atoms with van der Waals surface area (Å²) in [6, 6.07) is 19.0. The van der Waals surface area contributed by atoms with Crippen LogP contribution in [0.3, 0.4) is 0 Å². The summed E-state index contributed by atoms with van der Waals surface area (Å²) < 4.78 is 10.4. The van der Waals surface area contributed by atoms with Crippen LogP contribution in [-0.2, 0) is 0 Å². The van der Waals surface area contributed by atoms with Crippen molar-refractivity contribution in [3.05, 3.63) is 77.1 Å². The molecular formula is C28H23ClN6O2S2. The lowest BCUT2D eigenvalue weighted by atomic mass is 10.0. The molecule has 4 rings (SSSR count). The van der Waals surface area contributed by atoms with Gasteiger partial charge >= 0.3 is 0 Å². The fraction of sp³-hybridized carbons (Fsp3) is 0.143. The quantitative estimate of drug-likeness (QED) is 0.133. The van der Waals surface area contributed by atoms with E-state index in [9.17, 15) is 10.5 Å². The van der Waals surface area contributed by atoms with Gasteiger partial charge in [-0.25, -0.2) is 19.9 Å². The van der Waals surface area contributed by atoms with Crippen LogP contribution in [-0.4, -0.2) is 46.7 Å². The first-order valence-electron chi connectivity index (χ1n) is 11.2. The van der Waals surface area contributed by atoms with Crippen molar-refractivity contribution in [3.8, 4) is 46.2 Å². The molecule has 2 aromatic carbocycles. The maximum Gasteiger partial charge on any atom is 0.189 e. The molecule has 0 atom stereocenters. The first-order valence-corrected chi connectivity index (χ1v) is 14.0. The summed E-state index contributed by atoms with van der Waals surface area (Å²) in [4.78, 5) is 17.1. The third kappa shape index (κ3) is 7.06. The highest BCUT2D eigenvalue weighted by molar-refractivity contribution is 7.98. The van der Waals surface area contributed by atoms with Crippen molar-refractivity contribution in [2.75, 3.05) is 26.7 Å². The van der Waals surface area contributed by atoms with Gasteiger partial charge in [0.15, 0.2) is 15.5 Å². The molecule has 0 amide bonds. The molecule has 0 unspecified atom stereocenters. The highest BCUT2D eigenvalue weighted by Gasteiger charge is 2.16. The second-order valence-corrected chi connectivity index (χ2v) is 9.34. The minimum atomic E-state index is 0.166. The number of hydrogen-bond donors (Lipinski definition) is 0. The van der Waals surface area contributed by atoms with Crippen LogP contribution in [0.5, 0.6) is 11.5 Å². The highest BCUT2D eigenvalue weighted by Crippen LogP contribution is 2.30. The Bertz CT molecular complexity index is 1580. The van der Waals surface area contributed by atoms with Gasteiger partial charge < -0.3 is 9.47 Å². The van der Waals surface area contributed by atoms with Gasteiger partial charge in [0.2, 0.25) is 0 Å². The first kappa shape index (κ1) is 29.5. The largest absolute Gasteiger partial charge is 0.497 e. The first-order chi connectivity index (χ1) is 18.9. The zero-order valence-corrected chi connectivity index (χ0v) is 24.0. The molecule has 0 aliphatic carbocycles. The number of nitriles is 2. The molecule has 0 fully saturated rings. The number of methoxy groups -OCH3 is 2. The van der Waals surface area contributed by atoms with Crippen LogP contribution in [0, 0.1) is 22.7 Å². The van der Waals surface area contributed by atoms with Gasteiger partial charge in [-0.05, 0) is 42.9 Å². The number of halogens is 1. The second kappa shape index (κ2) is 14.2. The summed E-state index contributed by atoms with van der Waals surface area (Å²) >= 11 is 8.82. The van der Waals surface area contributed by atoms with Crippen molar-refractivity contribution >= 4 is 41.2 Å². The normalized spacial score (nSPS) is 9.92. The summed E-state index contributed by atoms with van der Waals surface area (Å²) in [6.45, 7) is 3.71. The van der Waals surface area contributed by atoms with E-state index in [1.165, 1.54) is 23.5 Å². The van der Waals surface area contributed by atoms with Crippen LogP contribution in [0.2, 0.25) is 5.15 Å². The topological polar surface area (TPSA) is 118 Å². The Kier molecular flexibility index (Phi) is 10.7. The Morgan fingerprint density at radius 1 is 0.795 bits per heavy atom. The van der Waals surface area contributed by atoms with E-state index in [1.54, 1.807) is 20.3 Å². The predicted octanol–water partition coefficient (Wildman–Crippen LogP) is 6.79. The summed E-state index contributed by atoms with van der Waals surface area (Å²) in [7, 11) is 3.19. The van der Waals surface area contributed by atoms with Gasteiger partial charge in [0, 0.05) is 11.1 Å².